The third kappa shape index (κ3) is 4.80. The standard InChI is InChI=1S/C22H30N4O2/c1-14-20(25-21(23)15(2)24-14)17-6-8-18(9-7-17)26-11-10-16(13-26)12-19(27)28-22(3,4)5/h6-9,16H,10-13H2,1-5H3,(H2,23,25). The van der Waals surface area contributed by atoms with Gasteiger partial charge in [-0.3, -0.25) is 9.78 Å². The van der Waals surface area contributed by atoms with Gasteiger partial charge in [0.05, 0.1) is 23.5 Å². The van der Waals surface area contributed by atoms with E-state index in [1.165, 1.54) is 0 Å². The number of aryl methyl sites for hydroxylation is 2. The normalized spacial score (nSPS) is 17.0. The van der Waals surface area contributed by atoms with Gasteiger partial charge in [-0.2, -0.15) is 0 Å². The van der Waals surface area contributed by atoms with E-state index < -0.39 is 5.60 Å². The molecule has 0 saturated carbocycles. The predicted octanol–water partition coefficient (Wildman–Crippen LogP) is 3.90. The Labute approximate surface area is 167 Å². The van der Waals surface area contributed by atoms with Gasteiger partial charge in [0.25, 0.3) is 0 Å². The molecule has 1 saturated heterocycles. The summed E-state index contributed by atoms with van der Waals surface area (Å²) in [5.41, 5.74) is 10.1. The van der Waals surface area contributed by atoms with Gasteiger partial charge in [0, 0.05) is 24.3 Å². The van der Waals surface area contributed by atoms with E-state index in [-0.39, 0.29) is 5.97 Å². The van der Waals surface area contributed by atoms with E-state index in [4.69, 9.17) is 10.5 Å². The summed E-state index contributed by atoms with van der Waals surface area (Å²) in [6.07, 6.45) is 1.48. The number of nitrogens with two attached hydrogens (primary N) is 1. The molecule has 0 aliphatic carbocycles. The number of aromatic nitrogens is 2. The molecule has 2 aromatic rings. The number of nitrogens with zero attached hydrogens (tertiary/aromatic N) is 3. The molecule has 1 aliphatic rings. The van der Waals surface area contributed by atoms with Crippen molar-refractivity contribution >= 4 is 17.5 Å². The third-order valence-electron chi connectivity index (χ3n) is 4.95. The molecule has 28 heavy (non-hydrogen) atoms. The van der Waals surface area contributed by atoms with Crippen LogP contribution in [0.3, 0.4) is 0 Å². The van der Waals surface area contributed by atoms with E-state index in [0.717, 1.165) is 47.8 Å². The van der Waals surface area contributed by atoms with Gasteiger partial charge in [0.15, 0.2) is 0 Å². The first-order chi connectivity index (χ1) is 13.1. The van der Waals surface area contributed by atoms with Gasteiger partial charge in [0.2, 0.25) is 0 Å². The van der Waals surface area contributed by atoms with Crippen molar-refractivity contribution < 1.29 is 9.53 Å². The van der Waals surface area contributed by atoms with E-state index in [2.05, 4.69) is 39.1 Å². The number of benzene rings is 1. The van der Waals surface area contributed by atoms with Gasteiger partial charge in [-0.15, -0.1) is 0 Å². The van der Waals surface area contributed by atoms with Gasteiger partial charge in [-0.1, -0.05) is 12.1 Å². The Morgan fingerprint density at radius 3 is 2.50 bits per heavy atom. The van der Waals surface area contributed by atoms with Crippen LogP contribution in [0.25, 0.3) is 11.3 Å². The lowest BCUT2D eigenvalue weighted by Gasteiger charge is -2.21. The van der Waals surface area contributed by atoms with Gasteiger partial charge >= 0.3 is 5.97 Å². The minimum Gasteiger partial charge on any atom is -0.460 e. The summed E-state index contributed by atoms with van der Waals surface area (Å²) < 4.78 is 5.45. The summed E-state index contributed by atoms with van der Waals surface area (Å²) in [5, 5.41) is 0. The summed E-state index contributed by atoms with van der Waals surface area (Å²) in [5.74, 6) is 0.689. The molecule has 2 heterocycles. The molecule has 1 aromatic carbocycles. The van der Waals surface area contributed by atoms with Crippen molar-refractivity contribution in [2.24, 2.45) is 5.92 Å². The summed E-state index contributed by atoms with van der Waals surface area (Å²) in [6, 6.07) is 8.31. The smallest absolute Gasteiger partial charge is 0.306 e. The quantitative estimate of drug-likeness (QED) is 0.808. The van der Waals surface area contributed by atoms with Crippen molar-refractivity contribution in [2.75, 3.05) is 23.7 Å². The zero-order chi connectivity index (χ0) is 20.5. The van der Waals surface area contributed by atoms with Gasteiger partial charge in [-0.25, -0.2) is 4.98 Å². The number of anilines is 2. The van der Waals surface area contributed by atoms with Crippen molar-refractivity contribution in [2.45, 2.75) is 53.1 Å². The van der Waals surface area contributed by atoms with Crippen LogP contribution in [-0.4, -0.2) is 34.6 Å². The first kappa shape index (κ1) is 20.1. The average molecular weight is 383 g/mol. The first-order valence-corrected chi connectivity index (χ1v) is 9.80. The van der Waals surface area contributed by atoms with Crippen LogP contribution in [0, 0.1) is 19.8 Å². The molecule has 1 unspecified atom stereocenters. The van der Waals surface area contributed by atoms with Crippen LogP contribution in [0.15, 0.2) is 24.3 Å². The number of rotatable bonds is 4. The molecule has 150 valence electrons. The summed E-state index contributed by atoms with van der Waals surface area (Å²) in [4.78, 5) is 23.4. The fourth-order valence-electron chi connectivity index (χ4n) is 3.60. The van der Waals surface area contributed by atoms with E-state index >= 15 is 0 Å². The maximum Gasteiger partial charge on any atom is 0.306 e. The molecular formula is C22H30N4O2. The van der Waals surface area contributed by atoms with E-state index in [1.54, 1.807) is 0 Å². The summed E-state index contributed by atoms with van der Waals surface area (Å²) >= 11 is 0. The number of carbonyl (C=O) groups excluding carboxylic acids is 1. The number of carbonyl (C=O) groups is 1. The lowest BCUT2D eigenvalue weighted by Crippen LogP contribution is -2.26. The fourth-order valence-corrected chi connectivity index (χ4v) is 3.60. The van der Waals surface area contributed by atoms with E-state index in [1.807, 2.05) is 34.6 Å². The lowest BCUT2D eigenvalue weighted by atomic mass is 10.0. The predicted molar refractivity (Wildman–Crippen MR) is 112 cm³/mol. The van der Waals surface area contributed by atoms with E-state index in [0.29, 0.717) is 18.2 Å². The molecule has 0 amide bonds. The highest BCUT2D eigenvalue weighted by molar-refractivity contribution is 5.70. The monoisotopic (exact) mass is 382 g/mol. The molecule has 1 fully saturated rings. The van der Waals surface area contributed by atoms with Gasteiger partial charge in [0.1, 0.15) is 11.4 Å². The molecule has 6 heteroatoms. The Bertz CT molecular complexity index is 856. The second kappa shape index (κ2) is 7.78. The largest absolute Gasteiger partial charge is 0.460 e. The van der Waals surface area contributed by atoms with Gasteiger partial charge in [-0.05, 0) is 59.1 Å². The van der Waals surface area contributed by atoms with Crippen LogP contribution in [-0.2, 0) is 9.53 Å². The van der Waals surface area contributed by atoms with Crippen molar-refractivity contribution in [1.29, 1.82) is 0 Å². The highest BCUT2D eigenvalue weighted by atomic mass is 16.6. The molecule has 6 nitrogen and oxygen atoms in total. The molecule has 0 spiro atoms. The zero-order valence-electron chi connectivity index (χ0n) is 17.5. The van der Waals surface area contributed by atoms with E-state index in [9.17, 15) is 4.79 Å². The van der Waals surface area contributed by atoms with Crippen LogP contribution in [0.1, 0.15) is 45.0 Å². The van der Waals surface area contributed by atoms with Crippen molar-refractivity contribution in [3.8, 4) is 11.3 Å². The second-order valence-electron chi connectivity index (χ2n) is 8.57. The fraction of sp³-hybridized carbons (Fsp3) is 0.500. The molecule has 2 N–H and O–H groups in total. The highest BCUT2D eigenvalue weighted by Crippen LogP contribution is 2.29. The molecule has 0 bridgehead atoms. The summed E-state index contributed by atoms with van der Waals surface area (Å²) in [6.45, 7) is 11.3. The Morgan fingerprint density at radius 2 is 1.86 bits per heavy atom. The Balaban J connectivity index is 1.65. The van der Waals surface area contributed by atoms with Gasteiger partial charge < -0.3 is 15.4 Å². The number of ether oxygens (including phenoxy) is 1. The lowest BCUT2D eigenvalue weighted by molar-refractivity contribution is -0.155. The second-order valence-corrected chi connectivity index (χ2v) is 8.57. The maximum absolute atomic E-state index is 12.1. The van der Waals surface area contributed by atoms with Crippen molar-refractivity contribution in [3.63, 3.8) is 0 Å². The number of hydrogen-bond acceptors (Lipinski definition) is 6. The zero-order valence-corrected chi connectivity index (χ0v) is 17.5. The Morgan fingerprint density at radius 1 is 1.18 bits per heavy atom. The molecular weight excluding hydrogens is 352 g/mol. The molecule has 1 aliphatic heterocycles. The topological polar surface area (TPSA) is 81.3 Å². The number of esters is 1. The first-order valence-electron chi connectivity index (χ1n) is 9.80. The van der Waals surface area contributed by atoms with Crippen LogP contribution in [0.5, 0.6) is 0 Å². The van der Waals surface area contributed by atoms with Crippen molar-refractivity contribution in [3.05, 3.63) is 35.7 Å². The average Bonchev–Trinajstić information content (AvgIpc) is 3.05. The molecule has 1 aromatic heterocycles. The van der Waals surface area contributed by atoms with Crippen LogP contribution < -0.4 is 10.6 Å². The third-order valence-corrected chi connectivity index (χ3v) is 4.95. The summed E-state index contributed by atoms with van der Waals surface area (Å²) in [7, 11) is 0. The Kier molecular flexibility index (Phi) is 5.59. The number of nitrogen functional groups attached to an aromatic ring is 1. The maximum atomic E-state index is 12.1. The van der Waals surface area contributed by atoms with Crippen LogP contribution in [0.4, 0.5) is 11.5 Å². The minimum atomic E-state index is -0.425. The molecule has 1 atom stereocenters. The van der Waals surface area contributed by atoms with Crippen molar-refractivity contribution in [1.82, 2.24) is 9.97 Å². The number of hydrogen-bond donors (Lipinski definition) is 1. The minimum absolute atomic E-state index is 0.110. The molecule has 0 radical (unpaired) electrons. The van der Waals surface area contributed by atoms with Crippen LogP contribution >= 0.6 is 0 Å². The highest BCUT2D eigenvalue weighted by Gasteiger charge is 2.27. The van der Waals surface area contributed by atoms with Crippen LogP contribution in [0.2, 0.25) is 0 Å². The SMILES string of the molecule is Cc1nc(C)c(-c2ccc(N3CCC(CC(=O)OC(C)(C)C)C3)cc2)nc1N. The Hall–Kier alpha value is -2.63. The molecule has 3 rings (SSSR count).